The summed E-state index contributed by atoms with van der Waals surface area (Å²) < 4.78 is 10.4. The van der Waals surface area contributed by atoms with Gasteiger partial charge in [-0.05, 0) is 24.5 Å². The summed E-state index contributed by atoms with van der Waals surface area (Å²) in [4.78, 5) is 23.4. The van der Waals surface area contributed by atoms with Crippen molar-refractivity contribution < 1.29 is 19.1 Å². The normalized spacial score (nSPS) is 10.6. The second-order valence-corrected chi connectivity index (χ2v) is 7.52. The van der Waals surface area contributed by atoms with Crippen LogP contribution in [0.5, 0.6) is 0 Å². The quantitative estimate of drug-likeness (QED) is 0.237. The van der Waals surface area contributed by atoms with Gasteiger partial charge in [-0.3, -0.25) is 9.59 Å². The highest BCUT2D eigenvalue weighted by molar-refractivity contribution is 6.31. The van der Waals surface area contributed by atoms with E-state index in [1.54, 1.807) is 0 Å². The maximum absolute atomic E-state index is 11.7. The Morgan fingerprint density at radius 2 is 1.36 bits per heavy atom. The maximum atomic E-state index is 11.7. The van der Waals surface area contributed by atoms with Crippen LogP contribution in [0.4, 0.5) is 0 Å². The zero-order valence-corrected chi connectivity index (χ0v) is 18.0. The molecule has 0 saturated carbocycles. The summed E-state index contributed by atoms with van der Waals surface area (Å²) in [5.74, 6) is -0.519. The van der Waals surface area contributed by atoms with Crippen molar-refractivity contribution in [2.45, 2.75) is 84.0 Å². The largest absolute Gasteiger partial charge is 0.466 e. The highest BCUT2D eigenvalue weighted by Crippen LogP contribution is 2.15. The van der Waals surface area contributed by atoms with Crippen LogP contribution in [0.3, 0.4) is 0 Å². The van der Waals surface area contributed by atoms with E-state index in [1.807, 2.05) is 24.3 Å². The minimum atomic E-state index is -0.289. The maximum Gasteiger partial charge on any atom is 0.305 e. The lowest BCUT2D eigenvalue weighted by atomic mass is 10.1. The van der Waals surface area contributed by atoms with Crippen LogP contribution in [-0.4, -0.2) is 25.2 Å². The molecule has 5 heteroatoms. The molecule has 0 amide bonds. The van der Waals surface area contributed by atoms with Crippen molar-refractivity contribution in [2.75, 3.05) is 13.2 Å². The molecule has 0 heterocycles. The molecule has 0 aromatic heterocycles. The zero-order valence-electron chi connectivity index (χ0n) is 17.2. The fourth-order valence-electron chi connectivity index (χ4n) is 2.92. The van der Waals surface area contributed by atoms with Crippen molar-refractivity contribution >= 4 is 23.5 Å². The van der Waals surface area contributed by atoms with Gasteiger partial charge in [0.15, 0.2) is 0 Å². The first-order chi connectivity index (χ1) is 13.6. The Kier molecular flexibility index (Phi) is 14.4. The van der Waals surface area contributed by atoms with Gasteiger partial charge in [0.05, 0.1) is 13.2 Å². The van der Waals surface area contributed by atoms with Crippen LogP contribution in [0.25, 0.3) is 0 Å². The van der Waals surface area contributed by atoms with Crippen molar-refractivity contribution in [3.8, 4) is 0 Å². The summed E-state index contributed by atoms with van der Waals surface area (Å²) in [6, 6.07) is 7.50. The molecule has 0 aliphatic rings. The average molecular weight is 411 g/mol. The molecule has 0 fully saturated rings. The van der Waals surface area contributed by atoms with Crippen molar-refractivity contribution in [3.63, 3.8) is 0 Å². The first-order valence-corrected chi connectivity index (χ1v) is 11.1. The number of benzene rings is 1. The van der Waals surface area contributed by atoms with Gasteiger partial charge in [-0.2, -0.15) is 0 Å². The third-order valence-electron chi connectivity index (χ3n) is 4.62. The molecule has 0 saturated heterocycles. The number of carbonyl (C=O) groups excluding carboxylic acids is 2. The van der Waals surface area contributed by atoms with Gasteiger partial charge >= 0.3 is 11.9 Å². The third-order valence-corrected chi connectivity index (χ3v) is 4.98. The van der Waals surface area contributed by atoms with Crippen LogP contribution in [0.1, 0.15) is 83.1 Å². The van der Waals surface area contributed by atoms with Crippen LogP contribution in [-0.2, 0) is 25.5 Å². The minimum Gasteiger partial charge on any atom is -0.466 e. The van der Waals surface area contributed by atoms with E-state index in [4.69, 9.17) is 21.1 Å². The molecule has 0 spiro atoms. The van der Waals surface area contributed by atoms with Crippen LogP contribution in [0, 0.1) is 0 Å². The molecule has 1 aromatic carbocycles. The fraction of sp³-hybridized carbons (Fsp3) is 0.652. The van der Waals surface area contributed by atoms with E-state index in [0.29, 0.717) is 31.1 Å². The second-order valence-electron chi connectivity index (χ2n) is 7.11. The summed E-state index contributed by atoms with van der Waals surface area (Å²) >= 11 is 6.06. The number of unbranched alkanes of at least 4 members (excludes halogenated alkanes) is 7. The van der Waals surface area contributed by atoms with Crippen LogP contribution in [0.15, 0.2) is 24.3 Å². The number of carbonyl (C=O) groups is 2. The van der Waals surface area contributed by atoms with Crippen LogP contribution in [0.2, 0.25) is 5.02 Å². The lowest BCUT2D eigenvalue weighted by Crippen LogP contribution is -2.10. The number of hydrogen-bond acceptors (Lipinski definition) is 4. The molecule has 28 heavy (non-hydrogen) atoms. The smallest absolute Gasteiger partial charge is 0.305 e. The van der Waals surface area contributed by atoms with E-state index >= 15 is 0 Å². The SMILES string of the molecule is CCCCCCCCCCOC(=O)CCCC(=O)OCCc1ccccc1Cl. The molecule has 0 radical (unpaired) electrons. The molecule has 0 bridgehead atoms. The Bertz CT molecular complexity index is 559. The predicted molar refractivity (Wildman–Crippen MR) is 114 cm³/mol. The van der Waals surface area contributed by atoms with Crippen molar-refractivity contribution in [2.24, 2.45) is 0 Å². The van der Waals surface area contributed by atoms with Gasteiger partial charge in [-0.25, -0.2) is 0 Å². The van der Waals surface area contributed by atoms with E-state index in [1.165, 1.54) is 38.5 Å². The summed E-state index contributed by atoms with van der Waals surface area (Å²) in [6.07, 6.45) is 11.3. The molecule has 158 valence electrons. The number of rotatable bonds is 16. The number of hydrogen-bond donors (Lipinski definition) is 0. The summed E-state index contributed by atoms with van der Waals surface area (Å²) in [5.41, 5.74) is 0.960. The number of esters is 2. The summed E-state index contributed by atoms with van der Waals surface area (Å²) in [5, 5.41) is 0.679. The van der Waals surface area contributed by atoms with Gasteiger partial charge in [0.2, 0.25) is 0 Å². The van der Waals surface area contributed by atoms with Gasteiger partial charge in [0, 0.05) is 24.3 Å². The first kappa shape index (κ1) is 24.5. The molecule has 0 atom stereocenters. The van der Waals surface area contributed by atoms with Crippen molar-refractivity contribution in [1.29, 1.82) is 0 Å². The molecule has 0 N–H and O–H groups in total. The Morgan fingerprint density at radius 3 is 2.00 bits per heavy atom. The van der Waals surface area contributed by atoms with Gasteiger partial charge in [0.25, 0.3) is 0 Å². The average Bonchev–Trinajstić information content (AvgIpc) is 2.68. The highest BCUT2D eigenvalue weighted by Gasteiger charge is 2.08. The number of ether oxygens (including phenoxy) is 2. The van der Waals surface area contributed by atoms with E-state index in [-0.39, 0.29) is 24.8 Å². The lowest BCUT2D eigenvalue weighted by Gasteiger charge is -2.07. The summed E-state index contributed by atoms with van der Waals surface area (Å²) in [7, 11) is 0. The fourth-order valence-corrected chi connectivity index (χ4v) is 3.15. The van der Waals surface area contributed by atoms with E-state index in [0.717, 1.165) is 18.4 Å². The van der Waals surface area contributed by atoms with E-state index < -0.39 is 0 Å². The second kappa shape index (κ2) is 16.4. The van der Waals surface area contributed by atoms with Crippen LogP contribution < -0.4 is 0 Å². The molecule has 0 aliphatic carbocycles. The van der Waals surface area contributed by atoms with Crippen molar-refractivity contribution in [3.05, 3.63) is 34.9 Å². The Hall–Kier alpha value is -1.55. The highest BCUT2D eigenvalue weighted by atomic mass is 35.5. The molecule has 1 rings (SSSR count). The van der Waals surface area contributed by atoms with Gasteiger partial charge < -0.3 is 9.47 Å². The molecule has 0 aliphatic heterocycles. The zero-order chi connectivity index (χ0) is 20.5. The van der Waals surface area contributed by atoms with Gasteiger partial charge in [-0.15, -0.1) is 0 Å². The summed E-state index contributed by atoms with van der Waals surface area (Å²) in [6.45, 7) is 3.00. The predicted octanol–water partition coefficient (Wildman–Crippen LogP) is 6.28. The third kappa shape index (κ3) is 12.8. The Balaban J connectivity index is 1.93. The van der Waals surface area contributed by atoms with E-state index in [9.17, 15) is 9.59 Å². The first-order valence-electron chi connectivity index (χ1n) is 10.7. The molecular weight excluding hydrogens is 376 g/mol. The minimum absolute atomic E-state index is 0.230. The van der Waals surface area contributed by atoms with Crippen LogP contribution >= 0.6 is 11.6 Å². The van der Waals surface area contributed by atoms with Gasteiger partial charge in [0.1, 0.15) is 0 Å². The monoisotopic (exact) mass is 410 g/mol. The standard InChI is InChI=1S/C23H35ClO4/c1-2-3-4-5-6-7-8-11-18-27-22(25)15-12-16-23(26)28-19-17-20-13-9-10-14-21(20)24/h9-10,13-14H,2-8,11-12,15-19H2,1H3. The Labute approximate surface area is 174 Å². The molecule has 4 nitrogen and oxygen atoms in total. The lowest BCUT2D eigenvalue weighted by molar-refractivity contribution is -0.145. The number of halogens is 1. The topological polar surface area (TPSA) is 52.6 Å². The molecular formula is C23H35ClO4. The molecule has 0 unspecified atom stereocenters. The van der Waals surface area contributed by atoms with E-state index in [2.05, 4.69) is 6.92 Å². The Morgan fingerprint density at radius 1 is 0.786 bits per heavy atom. The van der Waals surface area contributed by atoms with Crippen molar-refractivity contribution in [1.82, 2.24) is 0 Å². The molecule has 1 aromatic rings. The van der Waals surface area contributed by atoms with Gasteiger partial charge in [-0.1, -0.05) is 81.7 Å².